The molecule has 3 heterocycles. The summed E-state index contributed by atoms with van der Waals surface area (Å²) in [5.74, 6) is 2.01. The number of carbonyl (C=O) groups excluding carboxylic acids is 2. The van der Waals surface area contributed by atoms with Gasteiger partial charge >= 0.3 is 0 Å². The van der Waals surface area contributed by atoms with Gasteiger partial charge in [-0.25, -0.2) is 0 Å². The van der Waals surface area contributed by atoms with Crippen LogP contribution in [0.3, 0.4) is 0 Å². The number of carbonyl (C=O) groups is 2. The first-order valence-corrected chi connectivity index (χ1v) is 9.82. The topological polar surface area (TPSA) is 80.1 Å². The van der Waals surface area contributed by atoms with Crippen LogP contribution in [0.2, 0.25) is 0 Å². The minimum absolute atomic E-state index is 0.125. The standard InChI is InChI=1S/C20H25N5O2/c26-19-9-5-13-24(19)16-7-4-6-15(14-16)20(27)21-11-10-18-23-22-17-8-2-1-3-12-25(17)18/h4,6-7,14H,1-3,5,8-13H2,(H,21,27). The van der Waals surface area contributed by atoms with E-state index in [1.807, 2.05) is 12.1 Å². The van der Waals surface area contributed by atoms with Crippen LogP contribution in [-0.4, -0.2) is 39.7 Å². The predicted molar refractivity (Wildman–Crippen MR) is 102 cm³/mol. The number of amides is 2. The number of aromatic nitrogens is 3. The van der Waals surface area contributed by atoms with Crippen molar-refractivity contribution in [2.45, 2.75) is 51.5 Å². The molecule has 1 fully saturated rings. The lowest BCUT2D eigenvalue weighted by atomic mass is 10.1. The van der Waals surface area contributed by atoms with E-state index in [1.165, 1.54) is 12.8 Å². The van der Waals surface area contributed by atoms with Crippen LogP contribution < -0.4 is 10.2 Å². The molecule has 0 bridgehead atoms. The molecule has 1 aromatic heterocycles. The molecule has 0 radical (unpaired) electrons. The van der Waals surface area contributed by atoms with E-state index >= 15 is 0 Å². The van der Waals surface area contributed by atoms with Gasteiger partial charge < -0.3 is 14.8 Å². The first-order chi connectivity index (χ1) is 13.2. The van der Waals surface area contributed by atoms with E-state index in [1.54, 1.807) is 17.0 Å². The fourth-order valence-electron chi connectivity index (χ4n) is 3.86. The fraction of sp³-hybridized carbons (Fsp3) is 0.500. The van der Waals surface area contributed by atoms with Crippen LogP contribution in [0.5, 0.6) is 0 Å². The van der Waals surface area contributed by atoms with Crippen LogP contribution in [0.15, 0.2) is 24.3 Å². The second-order valence-corrected chi connectivity index (χ2v) is 7.20. The van der Waals surface area contributed by atoms with Gasteiger partial charge in [-0.2, -0.15) is 0 Å². The van der Waals surface area contributed by atoms with Gasteiger partial charge in [0.05, 0.1) is 0 Å². The van der Waals surface area contributed by atoms with Crippen LogP contribution in [0.1, 0.15) is 54.1 Å². The van der Waals surface area contributed by atoms with Crippen molar-refractivity contribution in [1.82, 2.24) is 20.1 Å². The summed E-state index contributed by atoms with van der Waals surface area (Å²) >= 11 is 0. The van der Waals surface area contributed by atoms with Gasteiger partial charge in [0.15, 0.2) is 0 Å². The van der Waals surface area contributed by atoms with Crippen molar-refractivity contribution in [1.29, 1.82) is 0 Å². The van der Waals surface area contributed by atoms with Gasteiger partial charge in [-0.05, 0) is 37.5 Å². The average Bonchev–Trinajstić information content (AvgIpc) is 3.20. The predicted octanol–water partition coefficient (Wildman–Crippen LogP) is 2.10. The Hall–Kier alpha value is -2.70. The average molecular weight is 367 g/mol. The van der Waals surface area contributed by atoms with Crippen LogP contribution in [0, 0.1) is 0 Å². The highest BCUT2D eigenvalue weighted by Crippen LogP contribution is 2.22. The Labute approximate surface area is 158 Å². The van der Waals surface area contributed by atoms with Crippen molar-refractivity contribution in [3.8, 4) is 0 Å². The maximum atomic E-state index is 12.5. The third-order valence-electron chi connectivity index (χ3n) is 5.31. The largest absolute Gasteiger partial charge is 0.352 e. The Morgan fingerprint density at radius 3 is 2.85 bits per heavy atom. The summed E-state index contributed by atoms with van der Waals surface area (Å²) in [5.41, 5.74) is 1.38. The number of aryl methyl sites for hydroxylation is 1. The van der Waals surface area contributed by atoms with Crippen LogP contribution in [-0.2, 0) is 24.2 Å². The monoisotopic (exact) mass is 367 g/mol. The summed E-state index contributed by atoms with van der Waals surface area (Å²) in [6.45, 7) is 2.21. The van der Waals surface area contributed by atoms with Gasteiger partial charge in [0, 0.05) is 50.1 Å². The Kier molecular flexibility index (Phi) is 5.18. The molecule has 0 atom stereocenters. The highest BCUT2D eigenvalue weighted by atomic mass is 16.2. The van der Waals surface area contributed by atoms with Gasteiger partial charge in [-0.3, -0.25) is 9.59 Å². The normalized spacial score (nSPS) is 16.9. The highest BCUT2D eigenvalue weighted by Gasteiger charge is 2.22. The quantitative estimate of drug-likeness (QED) is 0.878. The molecule has 1 aromatic carbocycles. The van der Waals surface area contributed by atoms with Gasteiger partial charge in [-0.1, -0.05) is 12.5 Å². The van der Waals surface area contributed by atoms with E-state index in [9.17, 15) is 9.59 Å². The molecule has 0 aliphatic carbocycles. The molecule has 2 amide bonds. The number of anilines is 1. The minimum Gasteiger partial charge on any atom is -0.352 e. The molecule has 27 heavy (non-hydrogen) atoms. The molecule has 2 aromatic rings. The molecule has 7 nitrogen and oxygen atoms in total. The number of nitrogens with one attached hydrogen (secondary N) is 1. The Bertz CT molecular complexity index is 845. The molecule has 4 rings (SSSR count). The van der Waals surface area contributed by atoms with E-state index < -0.39 is 0 Å². The summed E-state index contributed by atoms with van der Waals surface area (Å²) in [5, 5.41) is 11.6. The fourth-order valence-corrected chi connectivity index (χ4v) is 3.86. The first-order valence-electron chi connectivity index (χ1n) is 9.82. The third-order valence-corrected chi connectivity index (χ3v) is 5.31. The maximum Gasteiger partial charge on any atom is 0.251 e. The smallest absolute Gasteiger partial charge is 0.251 e. The third kappa shape index (κ3) is 3.86. The molecule has 1 N–H and O–H groups in total. The second kappa shape index (κ2) is 7.90. The van der Waals surface area contributed by atoms with Crippen LogP contribution in [0.4, 0.5) is 5.69 Å². The van der Waals surface area contributed by atoms with E-state index in [-0.39, 0.29) is 11.8 Å². The molecule has 7 heteroatoms. The van der Waals surface area contributed by atoms with Crippen LogP contribution in [0.25, 0.3) is 0 Å². The molecule has 0 saturated carbocycles. The van der Waals surface area contributed by atoms with E-state index in [4.69, 9.17) is 0 Å². The SMILES string of the molecule is O=C(NCCc1nnc2n1CCCCC2)c1cccc(N2CCCC2=O)c1. The highest BCUT2D eigenvalue weighted by molar-refractivity contribution is 5.99. The summed E-state index contributed by atoms with van der Waals surface area (Å²) in [7, 11) is 0. The molecule has 142 valence electrons. The Balaban J connectivity index is 1.36. The molecular formula is C20H25N5O2. The van der Waals surface area contributed by atoms with Crippen LogP contribution >= 0.6 is 0 Å². The zero-order chi connectivity index (χ0) is 18.6. The first kappa shape index (κ1) is 17.7. The number of fused-ring (bicyclic) bond motifs is 1. The number of hydrogen-bond donors (Lipinski definition) is 1. The molecule has 2 aliphatic heterocycles. The van der Waals surface area contributed by atoms with E-state index in [2.05, 4.69) is 20.1 Å². The molecule has 0 spiro atoms. The molecule has 0 unspecified atom stereocenters. The maximum absolute atomic E-state index is 12.5. The van der Waals surface area contributed by atoms with Crippen molar-refractivity contribution in [2.75, 3.05) is 18.0 Å². The molecule has 1 saturated heterocycles. The van der Waals surface area contributed by atoms with Gasteiger partial charge in [0.2, 0.25) is 5.91 Å². The Morgan fingerprint density at radius 1 is 1.07 bits per heavy atom. The lowest BCUT2D eigenvalue weighted by Gasteiger charge is -2.16. The van der Waals surface area contributed by atoms with Gasteiger partial charge in [0.25, 0.3) is 5.91 Å². The number of benzene rings is 1. The van der Waals surface area contributed by atoms with Crippen molar-refractivity contribution in [2.24, 2.45) is 0 Å². The van der Waals surface area contributed by atoms with E-state index in [0.29, 0.717) is 24.9 Å². The van der Waals surface area contributed by atoms with Gasteiger partial charge in [0.1, 0.15) is 11.6 Å². The van der Waals surface area contributed by atoms with E-state index in [0.717, 1.165) is 49.7 Å². The lowest BCUT2D eigenvalue weighted by molar-refractivity contribution is -0.117. The molecular weight excluding hydrogens is 342 g/mol. The summed E-state index contributed by atoms with van der Waals surface area (Å²) < 4.78 is 2.21. The lowest BCUT2D eigenvalue weighted by Crippen LogP contribution is -2.27. The van der Waals surface area contributed by atoms with Crippen molar-refractivity contribution >= 4 is 17.5 Å². The number of rotatable bonds is 5. The summed E-state index contributed by atoms with van der Waals surface area (Å²) in [6.07, 6.45) is 6.67. The minimum atomic E-state index is -0.126. The van der Waals surface area contributed by atoms with Crippen molar-refractivity contribution in [3.63, 3.8) is 0 Å². The van der Waals surface area contributed by atoms with Crippen molar-refractivity contribution < 1.29 is 9.59 Å². The summed E-state index contributed by atoms with van der Waals surface area (Å²) in [6, 6.07) is 7.28. The Morgan fingerprint density at radius 2 is 2.00 bits per heavy atom. The zero-order valence-corrected chi connectivity index (χ0v) is 15.5. The van der Waals surface area contributed by atoms with Gasteiger partial charge in [-0.15, -0.1) is 10.2 Å². The molecule has 2 aliphatic rings. The summed E-state index contributed by atoms with van der Waals surface area (Å²) in [4.78, 5) is 26.2. The zero-order valence-electron chi connectivity index (χ0n) is 15.5. The van der Waals surface area contributed by atoms with Crippen molar-refractivity contribution in [3.05, 3.63) is 41.5 Å². The number of nitrogens with zero attached hydrogens (tertiary/aromatic N) is 4. The number of hydrogen-bond acceptors (Lipinski definition) is 4. The second-order valence-electron chi connectivity index (χ2n) is 7.20.